The highest BCUT2D eigenvalue weighted by molar-refractivity contribution is 7.07. The number of hydrogen-bond donors (Lipinski definition) is 1. The van der Waals surface area contributed by atoms with Crippen molar-refractivity contribution >= 4 is 22.9 Å². The summed E-state index contributed by atoms with van der Waals surface area (Å²) in [5, 5.41) is 4.63. The molecule has 0 saturated heterocycles. The van der Waals surface area contributed by atoms with Crippen LogP contribution in [0.4, 0.5) is 5.69 Å². The summed E-state index contributed by atoms with van der Waals surface area (Å²) in [6.07, 6.45) is 0. The number of carbonyl (C=O) groups is 1. The van der Waals surface area contributed by atoms with Gasteiger partial charge in [0.25, 0.3) is 5.91 Å². The summed E-state index contributed by atoms with van der Waals surface area (Å²) < 4.78 is 0. The Hall–Kier alpha value is -1.72. The Kier molecular flexibility index (Phi) is 5.26. The van der Waals surface area contributed by atoms with Crippen molar-refractivity contribution in [3.63, 3.8) is 0 Å². The molecule has 1 N–H and O–H groups in total. The molecular formula is C15H19N3OS. The third kappa shape index (κ3) is 3.88. The topological polar surface area (TPSA) is 45.2 Å². The van der Waals surface area contributed by atoms with Gasteiger partial charge in [-0.15, -0.1) is 11.3 Å². The van der Waals surface area contributed by atoms with Gasteiger partial charge >= 0.3 is 0 Å². The summed E-state index contributed by atoms with van der Waals surface area (Å²) in [6, 6.07) is 7.96. The van der Waals surface area contributed by atoms with Crippen LogP contribution in [0.15, 0.2) is 35.2 Å². The van der Waals surface area contributed by atoms with Crippen molar-refractivity contribution in [2.24, 2.45) is 0 Å². The first-order valence-corrected chi connectivity index (χ1v) is 7.68. The highest BCUT2D eigenvalue weighted by atomic mass is 32.1. The van der Waals surface area contributed by atoms with Gasteiger partial charge in [-0.2, -0.15) is 0 Å². The molecule has 0 saturated carbocycles. The standard InChI is InChI=1S/C15H19N3OS/c1-3-18(4-2)9-12-6-5-7-13(8-12)17-15(19)14-10-20-11-16-14/h5-8,10-11H,3-4,9H2,1-2H3,(H,17,19). The smallest absolute Gasteiger partial charge is 0.275 e. The van der Waals surface area contributed by atoms with Crippen molar-refractivity contribution in [3.8, 4) is 0 Å². The number of anilines is 1. The Labute approximate surface area is 123 Å². The fraction of sp³-hybridized carbons (Fsp3) is 0.333. The van der Waals surface area contributed by atoms with E-state index in [0.29, 0.717) is 5.69 Å². The average molecular weight is 289 g/mol. The molecular weight excluding hydrogens is 270 g/mol. The third-order valence-electron chi connectivity index (χ3n) is 3.15. The lowest BCUT2D eigenvalue weighted by Crippen LogP contribution is -2.22. The Morgan fingerprint density at radius 1 is 1.35 bits per heavy atom. The van der Waals surface area contributed by atoms with Crippen LogP contribution >= 0.6 is 11.3 Å². The molecule has 0 aliphatic carbocycles. The number of aromatic nitrogens is 1. The zero-order valence-corrected chi connectivity index (χ0v) is 12.6. The zero-order chi connectivity index (χ0) is 14.4. The first-order valence-electron chi connectivity index (χ1n) is 6.73. The predicted octanol–water partition coefficient (Wildman–Crippen LogP) is 3.24. The van der Waals surface area contributed by atoms with Crippen LogP contribution in [0, 0.1) is 0 Å². The quantitative estimate of drug-likeness (QED) is 0.888. The maximum absolute atomic E-state index is 11.9. The Morgan fingerprint density at radius 2 is 2.15 bits per heavy atom. The molecule has 0 radical (unpaired) electrons. The summed E-state index contributed by atoms with van der Waals surface area (Å²) in [5.41, 5.74) is 4.13. The van der Waals surface area contributed by atoms with Crippen LogP contribution in [0.1, 0.15) is 29.9 Å². The van der Waals surface area contributed by atoms with E-state index in [4.69, 9.17) is 0 Å². The number of rotatable bonds is 6. The molecule has 2 aromatic rings. The average Bonchev–Trinajstić information content (AvgIpc) is 2.99. The highest BCUT2D eigenvalue weighted by Gasteiger charge is 2.08. The van der Waals surface area contributed by atoms with Crippen LogP contribution in [0.5, 0.6) is 0 Å². The second kappa shape index (κ2) is 7.17. The van der Waals surface area contributed by atoms with Crippen molar-refractivity contribution in [3.05, 3.63) is 46.4 Å². The molecule has 0 aliphatic heterocycles. The minimum atomic E-state index is -0.161. The summed E-state index contributed by atoms with van der Waals surface area (Å²) in [4.78, 5) is 18.3. The van der Waals surface area contributed by atoms with E-state index >= 15 is 0 Å². The number of nitrogens with one attached hydrogen (secondary N) is 1. The summed E-state index contributed by atoms with van der Waals surface area (Å²) in [7, 11) is 0. The SMILES string of the molecule is CCN(CC)Cc1cccc(NC(=O)c2cscn2)c1. The van der Waals surface area contributed by atoms with E-state index in [1.165, 1.54) is 16.9 Å². The first-order chi connectivity index (χ1) is 9.72. The normalized spacial score (nSPS) is 10.8. The second-order valence-electron chi connectivity index (χ2n) is 4.49. The van der Waals surface area contributed by atoms with Crippen LogP contribution in [0.3, 0.4) is 0 Å². The molecule has 0 spiro atoms. The van der Waals surface area contributed by atoms with Gasteiger partial charge in [0, 0.05) is 17.6 Å². The predicted molar refractivity (Wildman–Crippen MR) is 83.1 cm³/mol. The number of amides is 1. The van der Waals surface area contributed by atoms with E-state index in [1.807, 2.05) is 18.2 Å². The molecule has 2 rings (SSSR count). The van der Waals surface area contributed by atoms with Crippen LogP contribution in [0.2, 0.25) is 0 Å². The van der Waals surface area contributed by atoms with E-state index in [2.05, 4.69) is 35.1 Å². The molecule has 1 aromatic heterocycles. The maximum atomic E-state index is 11.9. The molecule has 1 amide bonds. The minimum Gasteiger partial charge on any atom is -0.321 e. The largest absolute Gasteiger partial charge is 0.321 e. The molecule has 1 heterocycles. The molecule has 20 heavy (non-hydrogen) atoms. The van der Waals surface area contributed by atoms with Gasteiger partial charge in [-0.1, -0.05) is 26.0 Å². The van der Waals surface area contributed by atoms with E-state index in [-0.39, 0.29) is 5.91 Å². The number of thiazole rings is 1. The first kappa shape index (κ1) is 14.7. The van der Waals surface area contributed by atoms with Gasteiger partial charge in [0.05, 0.1) is 5.51 Å². The number of carbonyl (C=O) groups excluding carboxylic acids is 1. The lowest BCUT2D eigenvalue weighted by Gasteiger charge is -2.18. The van der Waals surface area contributed by atoms with Gasteiger partial charge in [-0.25, -0.2) is 4.98 Å². The Bertz CT molecular complexity index is 550. The van der Waals surface area contributed by atoms with Crippen LogP contribution in [-0.2, 0) is 6.54 Å². The van der Waals surface area contributed by atoms with Gasteiger partial charge in [0.1, 0.15) is 5.69 Å². The van der Waals surface area contributed by atoms with Gasteiger partial charge in [0.2, 0.25) is 0 Å². The second-order valence-corrected chi connectivity index (χ2v) is 5.21. The van der Waals surface area contributed by atoms with Crippen LogP contribution in [0.25, 0.3) is 0 Å². The molecule has 106 valence electrons. The summed E-state index contributed by atoms with van der Waals surface area (Å²) >= 11 is 1.42. The molecule has 4 nitrogen and oxygen atoms in total. The zero-order valence-electron chi connectivity index (χ0n) is 11.8. The molecule has 5 heteroatoms. The highest BCUT2D eigenvalue weighted by Crippen LogP contribution is 2.14. The molecule has 1 aromatic carbocycles. The van der Waals surface area contributed by atoms with Crippen molar-refractivity contribution < 1.29 is 4.79 Å². The van der Waals surface area contributed by atoms with Gasteiger partial charge < -0.3 is 5.32 Å². The maximum Gasteiger partial charge on any atom is 0.275 e. The molecule has 0 aliphatic rings. The number of nitrogens with zero attached hydrogens (tertiary/aromatic N) is 2. The molecule has 0 unspecified atom stereocenters. The van der Waals surface area contributed by atoms with Crippen molar-refractivity contribution in [1.82, 2.24) is 9.88 Å². The van der Waals surface area contributed by atoms with Crippen molar-refractivity contribution in [1.29, 1.82) is 0 Å². The summed E-state index contributed by atoms with van der Waals surface area (Å²) in [5.74, 6) is -0.161. The minimum absolute atomic E-state index is 0.161. The van der Waals surface area contributed by atoms with E-state index in [1.54, 1.807) is 10.9 Å². The van der Waals surface area contributed by atoms with E-state index in [0.717, 1.165) is 25.3 Å². The van der Waals surface area contributed by atoms with E-state index < -0.39 is 0 Å². The lowest BCUT2D eigenvalue weighted by molar-refractivity contribution is 0.102. The Balaban J connectivity index is 2.04. The number of hydrogen-bond acceptors (Lipinski definition) is 4. The number of benzene rings is 1. The molecule has 0 fully saturated rings. The summed E-state index contributed by atoms with van der Waals surface area (Å²) in [6.45, 7) is 7.24. The van der Waals surface area contributed by atoms with Crippen LogP contribution < -0.4 is 5.32 Å². The fourth-order valence-corrected chi connectivity index (χ4v) is 2.50. The molecule has 0 bridgehead atoms. The third-order valence-corrected chi connectivity index (χ3v) is 3.74. The molecule has 0 atom stereocenters. The fourth-order valence-electron chi connectivity index (χ4n) is 1.97. The van der Waals surface area contributed by atoms with Crippen molar-refractivity contribution in [2.45, 2.75) is 20.4 Å². The van der Waals surface area contributed by atoms with Gasteiger partial charge in [0.15, 0.2) is 0 Å². The lowest BCUT2D eigenvalue weighted by atomic mass is 10.2. The van der Waals surface area contributed by atoms with Gasteiger partial charge in [-0.05, 0) is 30.8 Å². The van der Waals surface area contributed by atoms with Crippen molar-refractivity contribution in [2.75, 3.05) is 18.4 Å². The van der Waals surface area contributed by atoms with Gasteiger partial charge in [-0.3, -0.25) is 9.69 Å². The van der Waals surface area contributed by atoms with E-state index in [9.17, 15) is 4.79 Å². The van der Waals surface area contributed by atoms with Crippen LogP contribution in [-0.4, -0.2) is 28.9 Å². The monoisotopic (exact) mass is 289 g/mol. The Morgan fingerprint density at radius 3 is 2.80 bits per heavy atom.